The van der Waals surface area contributed by atoms with E-state index in [0.717, 1.165) is 29.9 Å². The number of carbonyl (C=O) groups excluding carboxylic acids is 1. The number of thiazole rings is 1. The van der Waals surface area contributed by atoms with Crippen LogP contribution in [0.4, 0.5) is 5.13 Å². The number of carbonyl (C=O) groups is 1. The van der Waals surface area contributed by atoms with Crippen molar-refractivity contribution in [2.24, 2.45) is 0 Å². The van der Waals surface area contributed by atoms with E-state index in [4.69, 9.17) is 16.3 Å². The van der Waals surface area contributed by atoms with E-state index in [1.807, 2.05) is 30.3 Å². The van der Waals surface area contributed by atoms with Crippen molar-refractivity contribution >= 4 is 44.2 Å². The standard InChI is InChI=1S/C21H24ClN3O2S/c1-4-24(5-2)12-13-25(20(26)15-8-6-9-16(14-15)27-3)21-23-19-17(22)10-7-11-18(19)28-21/h6-11,14H,4-5,12-13H2,1-3H3. The fourth-order valence-electron chi connectivity index (χ4n) is 3.00. The molecule has 2 aromatic carbocycles. The van der Waals surface area contributed by atoms with Gasteiger partial charge in [-0.25, -0.2) is 4.98 Å². The minimum atomic E-state index is -0.0961. The smallest absolute Gasteiger partial charge is 0.260 e. The Labute approximate surface area is 174 Å². The van der Waals surface area contributed by atoms with E-state index in [1.165, 1.54) is 11.3 Å². The zero-order chi connectivity index (χ0) is 20.1. The van der Waals surface area contributed by atoms with Crippen LogP contribution < -0.4 is 9.64 Å². The van der Waals surface area contributed by atoms with Crippen molar-refractivity contribution in [2.75, 3.05) is 38.2 Å². The molecular weight excluding hydrogens is 394 g/mol. The number of hydrogen-bond acceptors (Lipinski definition) is 5. The first-order chi connectivity index (χ1) is 13.6. The number of para-hydroxylation sites is 1. The quantitative estimate of drug-likeness (QED) is 0.520. The highest BCUT2D eigenvalue weighted by atomic mass is 35.5. The molecule has 7 heteroatoms. The largest absolute Gasteiger partial charge is 0.497 e. The van der Waals surface area contributed by atoms with Crippen LogP contribution >= 0.6 is 22.9 Å². The van der Waals surface area contributed by atoms with E-state index in [0.29, 0.717) is 28.0 Å². The third kappa shape index (κ3) is 4.46. The Morgan fingerprint density at radius 2 is 1.89 bits per heavy atom. The predicted molar refractivity (Wildman–Crippen MR) is 117 cm³/mol. The van der Waals surface area contributed by atoms with E-state index in [1.54, 1.807) is 24.1 Å². The van der Waals surface area contributed by atoms with E-state index < -0.39 is 0 Å². The number of methoxy groups -OCH3 is 1. The van der Waals surface area contributed by atoms with Crippen LogP contribution in [0.5, 0.6) is 5.75 Å². The lowest BCUT2D eigenvalue weighted by molar-refractivity contribution is 0.0983. The summed E-state index contributed by atoms with van der Waals surface area (Å²) < 4.78 is 6.24. The Balaban J connectivity index is 1.97. The molecule has 0 aliphatic heterocycles. The lowest BCUT2D eigenvalue weighted by Gasteiger charge is -2.24. The third-order valence-electron chi connectivity index (χ3n) is 4.69. The number of benzene rings is 2. The summed E-state index contributed by atoms with van der Waals surface area (Å²) >= 11 is 7.78. The zero-order valence-corrected chi connectivity index (χ0v) is 17.9. The SMILES string of the molecule is CCN(CC)CCN(C(=O)c1cccc(OC)c1)c1nc2c(Cl)cccc2s1. The number of hydrogen-bond donors (Lipinski definition) is 0. The predicted octanol–water partition coefficient (Wildman–Crippen LogP) is 4.95. The maximum absolute atomic E-state index is 13.3. The van der Waals surface area contributed by atoms with Gasteiger partial charge in [0.05, 0.1) is 16.8 Å². The molecule has 0 spiro atoms. The first-order valence-corrected chi connectivity index (χ1v) is 10.5. The fraction of sp³-hybridized carbons (Fsp3) is 0.333. The van der Waals surface area contributed by atoms with Crippen molar-refractivity contribution in [3.63, 3.8) is 0 Å². The number of amides is 1. The number of anilines is 1. The Kier molecular flexibility index (Phi) is 6.88. The van der Waals surface area contributed by atoms with Gasteiger partial charge < -0.3 is 9.64 Å². The molecule has 5 nitrogen and oxygen atoms in total. The third-order valence-corrected chi connectivity index (χ3v) is 6.03. The molecule has 0 aliphatic carbocycles. The average molecular weight is 418 g/mol. The molecule has 3 aromatic rings. The Morgan fingerprint density at radius 3 is 2.57 bits per heavy atom. The van der Waals surface area contributed by atoms with Gasteiger partial charge in [0.1, 0.15) is 11.3 Å². The molecule has 148 valence electrons. The highest BCUT2D eigenvalue weighted by Gasteiger charge is 2.22. The topological polar surface area (TPSA) is 45.7 Å². The first kappa shape index (κ1) is 20.6. The number of ether oxygens (including phenoxy) is 1. The molecule has 0 aliphatic rings. The molecule has 0 saturated carbocycles. The number of aromatic nitrogens is 1. The van der Waals surface area contributed by atoms with Crippen LogP contribution in [0.1, 0.15) is 24.2 Å². The monoisotopic (exact) mass is 417 g/mol. The summed E-state index contributed by atoms with van der Waals surface area (Å²) in [7, 11) is 1.59. The molecule has 28 heavy (non-hydrogen) atoms. The second kappa shape index (κ2) is 9.37. The maximum atomic E-state index is 13.3. The summed E-state index contributed by atoms with van der Waals surface area (Å²) in [4.78, 5) is 22.1. The molecule has 0 fully saturated rings. The molecule has 0 atom stereocenters. The van der Waals surface area contributed by atoms with Crippen LogP contribution in [0.15, 0.2) is 42.5 Å². The minimum Gasteiger partial charge on any atom is -0.497 e. The van der Waals surface area contributed by atoms with Crippen molar-refractivity contribution in [2.45, 2.75) is 13.8 Å². The normalized spacial score (nSPS) is 11.2. The van der Waals surface area contributed by atoms with Crippen molar-refractivity contribution in [3.8, 4) is 5.75 Å². The maximum Gasteiger partial charge on any atom is 0.260 e. The van der Waals surface area contributed by atoms with Gasteiger partial charge in [-0.05, 0) is 43.4 Å². The molecule has 1 heterocycles. The molecular formula is C21H24ClN3O2S. The van der Waals surface area contributed by atoms with Crippen molar-refractivity contribution in [1.29, 1.82) is 0 Å². The Bertz CT molecular complexity index is 956. The number of likely N-dealkylation sites (N-methyl/N-ethyl adjacent to an activating group) is 1. The molecule has 0 bridgehead atoms. The van der Waals surface area contributed by atoms with Crippen LogP contribution in [0.2, 0.25) is 5.02 Å². The van der Waals surface area contributed by atoms with Crippen LogP contribution in [-0.4, -0.2) is 49.1 Å². The molecule has 0 radical (unpaired) electrons. The van der Waals surface area contributed by atoms with Gasteiger partial charge in [-0.1, -0.05) is 48.9 Å². The second-order valence-electron chi connectivity index (χ2n) is 6.30. The molecule has 0 unspecified atom stereocenters. The molecule has 0 saturated heterocycles. The summed E-state index contributed by atoms with van der Waals surface area (Å²) in [5.41, 5.74) is 1.31. The van der Waals surface area contributed by atoms with Crippen molar-refractivity contribution in [1.82, 2.24) is 9.88 Å². The Hall–Kier alpha value is -2.15. The fourth-order valence-corrected chi connectivity index (χ4v) is 4.29. The number of fused-ring (bicyclic) bond motifs is 1. The van der Waals surface area contributed by atoms with Gasteiger partial charge in [-0.15, -0.1) is 0 Å². The summed E-state index contributed by atoms with van der Waals surface area (Å²) in [6.45, 7) is 7.43. The van der Waals surface area contributed by atoms with Gasteiger partial charge in [0, 0.05) is 18.7 Å². The summed E-state index contributed by atoms with van der Waals surface area (Å²) in [5, 5.41) is 1.25. The first-order valence-electron chi connectivity index (χ1n) is 9.30. The van der Waals surface area contributed by atoms with Gasteiger partial charge in [0.2, 0.25) is 0 Å². The van der Waals surface area contributed by atoms with Crippen LogP contribution in [0.25, 0.3) is 10.2 Å². The summed E-state index contributed by atoms with van der Waals surface area (Å²) in [6.07, 6.45) is 0. The van der Waals surface area contributed by atoms with E-state index in [-0.39, 0.29) is 5.91 Å². The van der Waals surface area contributed by atoms with Crippen LogP contribution in [0, 0.1) is 0 Å². The highest BCUT2D eigenvalue weighted by Crippen LogP contribution is 2.33. The molecule has 3 rings (SSSR count). The lowest BCUT2D eigenvalue weighted by atomic mass is 10.2. The van der Waals surface area contributed by atoms with Gasteiger partial charge in [-0.3, -0.25) is 9.69 Å². The molecule has 1 aromatic heterocycles. The van der Waals surface area contributed by atoms with Gasteiger partial charge in [-0.2, -0.15) is 0 Å². The van der Waals surface area contributed by atoms with Crippen LogP contribution in [-0.2, 0) is 0 Å². The molecule has 0 N–H and O–H groups in total. The lowest BCUT2D eigenvalue weighted by Crippen LogP contribution is -2.38. The summed E-state index contributed by atoms with van der Waals surface area (Å²) in [6, 6.07) is 12.9. The highest BCUT2D eigenvalue weighted by molar-refractivity contribution is 7.22. The van der Waals surface area contributed by atoms with Gasteiger partial charge in [0.15, 0.2) is 5.13 Å². The number of halogens is 1. The van der Waals surface area contributed by atoms with E-state index >= 15 is 0 Å². The second-order valence-corrected chi connectivity index (χ2v) is 7.71. The zero-order valence-electron chi connectivity index (χ0n) is 16.3. The van der Waals surface area contributed by atoms with Crippen molar-refractivity contribution < 1.29 is 9.53 Å². The number of nitrogens with zero attached hydrogens (tertiary/aromatic N) is 3. The van der Waals surface area contributed by atoms with Crippen LogP contribution in [0.3, 0.4) is 0 Å². The minimum absolute atomic E-state index is 0.0961. The number of rotatable bonds is 8. The van der Waals surface area contributed by atoms with E-state index in [2.05, 4.69) is 23.7 Å². The van der Waals surface area contributed by atoms with E-state index in [9.17, 15) is 4.79 Å². The molecule has 1 amide bonds. The van der Waals surface area contributed by atoms with Gasteiger partial charge >= 0.3 is 0 Å². The Morgan fingerprint density at radius 1 is 1.14 bits per heavy atom. The summed E-state index contributed by atoms with van der Waals surface area (Å²) in [5.74, 6) is 0.558. The van der Waals surface area contributed by atoms with Gasteiger partial charge in [0.25, 0.3) is 5.91 Å². The van der Waals surface area contributed by atoms with Crippen molar-refractivity contribution in [3.05, 3.63) is 53.1 Å². The average Bonchev–Trinajstić information content (AvgIpc) is 3.16.